The normalized spacial score (nSPS) is 20.6. The summed E-state index contributed by atoms with van der Waals surface area (Å²) in [6, 6.07) is 7.14. The molecule has 1 heterocycles. The van der Waals surface area contributed by atoms with Gasteiger partial charge in [0.2, 0.25) is 0 Å². The number of piperidine rings is 1. The van der Waals surface area contributed by atoms with Crippen molar-refractivity contribution in [3.63, 3.8) is 0 Å². The van der Waals surface area contributed by atoms with Crippen LogP contribution in [-0.2, 0) is 4.79 Å². The van der Waals surface area contributed by atoms with E-state index >= 15 is 0 Å². The van der Waals surface area contributed by atoms with Crippen LogP contribution in [-0.4, -0.2) is 36.5 Å². The number of carbonyl (C=O) groups excluding carboxylic acids is 1. The quantitative estimate of drug-likeness (QED) is 0.927. The molecule has 2 rings (SSSR count). The van der Waals surface area contributed by atoms with E-state index in [2.05, 4.69) is 0 Å². The maximum atomic E-state index is 12.1. The van der Waals surface area contributed by atoms with Gasteiger partial charge >= 0.3 is 0 Å². The van der Waals surface area contributed by atoms with Gasteiger partial charge < -0.3 is 15.4 Å². The number of nitrogens with two attached hydrogens (primary N) is 1. The highest BCUT2D eigenvalue weighted by Crippen LogP contribution is 2.19. The first kappa shape index (κ1) is 15.1. The van der Waals surface area contributed by atoms with Crippen LogP contribution in [0.2, 0.25) is 5.02 Å². The van der Waals surface area contributed by atoms with Gasteiger partial charge in [-0.2, -0.15) is 0 Å². The molecule has 1 aromatic rings. The van der Waals surface area contributed by atoms with Crippen molar-refractivity contribution in [1.82, 2.24) is 4.90 Å². The molecule has 1 amide bonds. The van der Waals surface area contributed by atoms with E-state index < -0.39 is 0 Å². The zero-order chi connectivity index (χ0) is 14.5. The summed E-state index contributed by atoms with van der Waals surface area (Å²) >= 11 is 5.80. The fraction of sp³-hybridized carbons (Fsp3) is 0.533. The Bertz CT molecular complexity index is 448. The number of hydrogen-bond donors (Lipinski definition) is 1. The van der Waals surface area contributed by atoms with Crippen LogP contribution in [0.1, 0.15) is 19.8 Å². The zero-order valence-electron chi connectivity index (χ0n) is 11.7. The van der Waals surface area contributed by atoms with Crippen molar-refractivity contribution in [1.29, 1.82) is 0 Å². The number of likely N-dealkylation sites (tertiary alicyclic amines) is 1. The Balaban J connectivity index is 1.83. The van der Waals surface area contributed by atoms with E-state index in [-0.39, 0.29) is 18.6 Å². The van der Waals surface area contributed by atoms with Gasteiger partial charge in [-0.3, -0.25) is 4.79 Å². The molecule has 4 nitrogen and oxygen atoms in total. The average molecular weight is 297 g/mol. The second-order valence-corrected chi connectivity index (χ2v) is 5.78. The molecule has 2 atom stereocenters. The van der Waals surface area contributed by atoms with Crippen LogP contribution in [0.4, 0.5) is 0 Å². The molecule has 0 spiro atoms. The molecule has 1 saturated heterocycles. The molecular formula is C15H21ClN2O2. The SMILES string of the molecule is C[C@@H](N)[C@H]1CCCN(C(=O)COc2ccc(Cl)cc2)C1. The summed E-state index contributed by atoms with van der Waals surface area (Å²) in [7, 11) is 0. The Kier molecular flexibility index (Phi) is 5.26. The summed E-state index contributed by atoms with van der Waals surface area (Å²) < 4.78 is 5.49. The maximum Gasteiger partial charge on any atom is 0.260 e. The van der Waals surface area contributed by atoms with E-state index in [1.807, 2.05) is 11.8 Å². The van der Waals surface area contributed by atoms with Crippen molar-refractivity contribution in [2.45, 2.75) is 25.8 Å². The molecule has 0 unspecified atom stereocenters. The number of halogens is 1. The number of carbonyl (C=O) groups is 1. The van der Waals surface area contributed by atoms with Crippen LogP contribution in [0.15, 0.2) is 24.3 Å². The van der Waals surface area contributed by atoms with Gasteiger partial charge in [-0.15, -0.1) is 0 Å². The summed E-state index contributed by atoms with van der Waals surface area (Å²) in [5.74, 6) is 1.07. The molecule has 2 N–H and O–H groups in total. The fourth-order valence-electron chi connectivity index (χ4n) is 2.43. The lowest BCUT2D eigenvalue weighted by Crippen LogP contribution is -2.46. The van der Waals surface area contributed by atoms with E-state index in [1.54, 1.807) is 24.3 Å². The lowest BCUT2D eigenvalue weighted by molar-refractivity contribution is -0.135. The van der Waals surface area contributed by atoms with Crippen LogP contribution in [0.5, 0.6) is 5.75 Å². The zero-order valence-corrected chi connectivity index (χ0v) is 12.5. The van der Waals surface area contributed by atoms with Gasteiger partial charge in [0.15, 0.2) is 6.61 Å². The predicted molar refractivity (Wildman–Crippen MR) is 79.9 cm³/mol. The predicted octanol–water partition coefficient (Wildman–Crippen LogP) is 2.30. The monoisotopic (exact) mass is 296 g/mol. The van der Waals surface area contributed by atoms with Gasteiger partial charge in [0.05, 0.1) is 0 Å². The van der Waals surface area contributed by atoms with Crippen molar-refractivity contribution in [2.24, 2.45) is 11.7 Å². The van der Waals surface area contributed by atoms with Crippen molar-refractivity contribution >= 4 is 17.5 Å². The Morgan fingerprint density at radius 2 is 2.20 bits per heavy atom. The van der Waals surface area contributed by atoms with E-state index in [1.165, 1.54) is 0 Å². The highest BCUT2D eigenvalue weighted by Gasteiger charge is 2.25. The summed E-state index contributed by atoms with van der Waals surface area (Å²) in [6.45, 7) is 3.60. The Labute approximate surface area is 124 Å². The molecule has 0 aliphatic carbocycles. The molecule has 0 saturated carbocycles. The van der Waals surface area contributed by atoms with Crippen molar-refractivity contribution < 1.29 is 9.53 Å². The van der Waals surface area contributed by atoms with Crippen molar-refractivity contribution in [2.75, 3.05) is 19.7 Å². The fourth-order valence-corrected chi connectivity index (χ4v) is 2.56. The molecule has 1 aliphatic heterocycles. The summed E-state index contributed by atoms with van der Waals surface area (Å²) in [6.07, 6.45) is 2.11. The minimum absolute atomic E-state index is 0.0188. The number of nitrogens with zero attached hydrogens (tertiary/aromatic N) is 1. The minimum atomic E-state index is 0.0188. The van der Waals surface area contributed by atoms with Crippen LogP contribution in [0.25, 0.3) is 0 Å². The number of rotatable bonds is 4. The molecule has 0 radical (unpaired) electrons. The van der Waals surface area contributed by atoms with E-state index in [4.69, 9.17) is 22.1 Å². The summed E-state index contributed by atoms with van der Waals surface area (Å²) in [4.78, 5) is 14.0. The van der Waals surface area contributed by atoms with Crippen LogP contribution in [0, 0.1) is 5.92 Å². The highest BCUT2D eigenvalue weighted by atomic mass is 35.5. The van der Waals surface area contributed by atoms with E-state index in [0.29, 0.717) is 16.7 Å². The molecule has 0 aromatic heterocycles. The molecule has 1 fully saturated rings. The molecule has 0 bridgehead atoms. The van der Waals surface area contributed by atoms with Gasteiger partial charge in [-0.1, -0.05) is 11.6 Å². The van der Waals surface area contributed by atoms with Gasteiger partial charge in [0.1, 0.15) is 5.75 Å². The summed E-state index contributed by atoms with van der Waals surface area (Å²) in [5, 5.41) is 0.652. The lowest BCUT2D eigenvalue weighted by Gasteiger charge is -2.34. The van der Waals surface area contributed by atoms with Crippen LogP contribution >= 0.6 is 11.6 Å². The van der Waals surface area contributed by atoms with Crippen LogP contribution < -0.4 is 10.5 Å². The maximum absolute atomic E-state index is 12.1. The van der Waals surface area contributed by atoms with E-state index in [9.17, 15) is 4.79 Å². The van der Waals surface area contributed by atoms with Gasteiger partial charge in [-0.05, 0) is 49.9 Å². The third-order valence-electron chi connectivity index (χ3n) is 3.73. The number of amides is 1. The van der Waals surface area contributed by atoms with Crippen molar-refractivity contribution in [3.8, 4) is 5.75 Å². The lowest BCUT2D eigenvalue weighted by atomic mass is 9.92. The Morgan fingerprint density at radius 1 is 1.50 bits per heavy atom. The Morgan fingerprint density at radius 3 is 2.85 bits per heavy atom. The standard InChI is InChI=1S/C15H21ClN2O2/c1-11(17)12-3-2-8-18(9-12)15(19)10-20-14-6-4-13(16)5-7-14/h4-7,11-12H,2-3,8-10,17H2,1H3/t11-,12+/m1/s1. The minimum Gasteiger partial charge on any atom is -0.484 e. The topological polar surface area (TPSA) is 55.6 Å². The molecule has 5 heteroatoms. The third-order valence-corrected chi connectivity index (χ3v) is 3.98. The molecule has 110 valence electrons. The molecule has 20 heavy (non-hydrogen) atoms. The summed E-state index contributed by atoms with van der Waals surface area (Å²) in [5.41, 5.74) is 5.93. The van der Waals surface area contributed by atoms with Crippen LogP contribution in [0.3, 0.4) is 0 Å². The van der Waals surface area contributed by atoms with Crippen molar-refractivity contribution in [3.05, 3.63) is 29.3 Å². The first-order chi connectivity index (χ1) is 9.56. The number of benzene rings is 1. The second kappa shape index (κ2) is 6.95. The largest absolute Gasteiger partial charge is 0.484 e. The first-order valence-electron chi connectivity index (χ1n) is 6.98. The number of hydrogen-bond acceptors (Lipinski definition) is 3. The molecular weight excluding hydrogens is 276 g/mol. The van der Waals surface area contributed by atoms with Gasteiger partial charge in [-0.25, -0.2) is 0 Å². The number of ether oxygens (including phenoxy) is 1. The van der Waals surface area contributed by atoms with E-state index in [0.717, 1.165) is 25.9 Å². The second-order valence-electron chi connectivity index (χ2n) is 5.34. The third kappa shape index (κ3) is 4.12. The average Bonchev–Trinajstić information content (AvgIpc) is 2.46. The smallest absolute Gasteiger partial charge is 0.260 e. The first-order valence-corrected chi connectivity index (χ1v) is 7.36. The molecule has 1 aliphatic rings. The Hall–Kier alpha value is -1.26. The van der Waals surface area contributed by atoms with Gasteiger partial charge in [0, 0.05) is 24.2 Å². The van der Waals surface area contributed by atoms with Gasteiger partial charge in [0.25, 0.3) is 5.91 Å². The highest BCUT2D eigenvalue weighted by molar-refractivity contribution is 6.30. The molecule has 1 aromatic carbocycles.